The van der Waals surface area contributed by atoms with E-state index in [-0.39, 0.29) is 12.2 Å². The van der Waals surface area contributed by atoms with E-state index in [0.717, 1.165) is 5.56 Å². The van der Waals surface area contributed by atoms with Gasteiger partial charge in [-0.2, -0.15) is 5.10 Å². The Labute approximate surface area is 222 Å². The second-order valence-electron chi connectivity index (χ2n) is 8.12. The number of hydrogen-bond acceptors (Lipinski definition) is 5. The number of benzene rings is 4. The van der Waals surface area contributed by atoms with Crippen molar-refractivity contribution in [2.24, 2.45) is 5.10 Å². The summed E-state index contributed by atoms with van der Waals surface area (Å²) in [6, 6.07) is 29.2. The quantitative estimate of drug-likeness (QED) is 0.195. The molecule has 0 atom stereocenters. The molecule has 4 aromatic rings. The molecule has 0 bridgehead atoms. The van der Waals surface area contributed by atoms with Crippen molar-refractivity contribution in [2.45, 2.75) is 12.2 Å². The number of hydrazone groups is 1. The summed E-state index contributed by atoms with van der Waals surface area (Å²) in [7, 11) is 0. The first-order valence-electron chi connectivity index (χ1n) is 11.3. The van der Waals surface area contributed by atoms with Crippen LogP contribution in [-0.4, -0.2) is 28.3 Å². The molecule has 0 unspecified atom stereocenters. The Hall–Kier alpha value is -4.27. The number of hydrogen-bond donors (Lipinski definition) is 3. The van der Waals surface area contributed by atoms with Crippen molar-refractivity contribution in [1.29, 1.82) is 0 Å². The molecule has 4 rings (SSSR count). The van der Waals surface area contributed by atoms with E-state index >= 15 is 0 Å². The summed E-state index contributed by atoms with van der Waals surface area (Å²) in [5.74, 6) is -1.08. The van der Waals surface area contributed by atoms with Crippen molar-refractivity contribution in [1.82, 2.24) is 5.43 Å². The number of carbonyl (C=O) groups is 2. The summed E-state index contributed by atoms with van der Waals surface area (Å²) in [4.78, 5) is 24.1. The van der Waals surface area contributed by atoms with Crippen LogP contribution in [0.25, 0.3) is 0 Å². The van der Waals surface area contributed by atoms with E-state index in [4.69, 9.17) is 9.84 Å². The predicted molar refractivity (Wildman–Crippen MR) is 143 cm³/mol. The maximum absolute atomic E-state index is 13.1. The molecule has 0 heterocycles. The van der Waals surface area contributed by atoms with Crippen LogP contribution < -0.4 is 10.2 Å². The molecule has 0 aromatic heterocycles. The minimum atomic E-state index is -1.92. The molecule has 0 aliphatic heterocycles. The van der Waals surface area contributed by atoms with Gasteiger partial charge in [0.25, 0.3) is 5.91 Å². The summed E-state index contributed by atoms with van der Waals surface area (Å²) in [6.45, 7) is 0.263. The smallest absolute Gasteiger partial charge is 0.335 e. The number of ether oxygens (including phenoxy) is 1. The number of carboxylic acid groups (broad SMARTS) is 1. The molecule has 0 aliphatic rings. The van der Waals surface area contributed by atoms with Crippen LogP contribution in [0.1, 0.15) is 32.6 Å². The Kier molecular flexibility index (Phi) is 8.12. The van der Waals surface area contributed by atoms with Crippen LogP contribution in [0.15, 0.2) is 113 Å². The van der Waals surface area contributed by atoms with Crippen molar-refractivity contribution < 1.29 is 24.5 Å². The lowest BCUT2D eigenvalue weighted by Crippen LogP contribution is -2.43. The van der Waals surface area contributed by atoms with Crippen LogP contribution in [0, 0.1) is 0 Å². The van der Waals surface area contributed by atoms with Crippen LogP contribution >= 0.6 is 15.9 Å². The summed E-state index contributed by atoms with van der Waals surface area (Å²) >= 11 is 3.47. The normalized spacial score (nSPS) is 11.3. The number of carboxylic acids is 1. The van der Waals surface area contributed by atoms with E-state index < -0.39 is 17.5 Å². The van der Waals surface area contributed by atoms with Crippen LogP contribution in [0.5, 0.6) is 5.75 Å². The zero-order valence-electron chi connectivity index (χ0n) is 19.5. The van der Waals surface area contributed by atoms with Gasteiger partial charge in [0.1, 0.15) is 12.4 Å². The first kappa shape index (κ1) is 25.8. The number of aliphatic hydroxyl groups is 1. The van der Waals surface area contributed by atoms with Gasteiger partial charge in [0.2, 0.25) is 0 Å². The highest BCUT2D eigenvalue weighted by Crippen LogP contribution is 2.30. The lowest BCUT2D eigenvalue weighted by Gasteiger charge is -2.27. The molecule has 186 valence electrons. The van der Waals surface area contributed by atoms with Crippen LogP contribution in [0.4, 0.5) is 0 Å². The van der Waals surface area contributed by atoms with Gasteiger partial charge in [-0.1, -0.05) is 72.8 Å². The molecule has 4 aromatic carbocycles. The first-order chi connectivity index (χ1) is 17.9. The van der Waals surface area contributed by atoms with Gasteiger partial charge in [-0.05, 0) is 68.5 Å². The second kappa shape index (κ2) is 11.6. The number of halogens is 1. The maximum atomic E-state index is 13.1. The Bertz CT molecular complexity index is 1370. The number of carbonyl (C=O) groups excluding carboxylic acids is 1. The average molecular weight is 559 g/mol. The fraction of sp³-hybridized carbons (Fsp3) is 0.0690. The minimum Gasteiger partial charge on any atom is -0.488 e. The molecule has 1 amide bonds. The van der Waals surface area contributed by atoms with E-state index in [0.29, 0.717) is 26.9 Å². The van der Waals surface area contributed by atoms with E-state index in [1.807, 2.05) is 12.1 Å². The number of nitrogens with zero attached hydrogens (tertiary/aromatic N) is 1. The molecular formula is C29H23BrN2O5. The fourth-order valence-electron chi connectivity index (χ4n) is 3.65. The van der Waals surface area contributed by atoms with Crippen molar-refractivity contribution in [3.05, 3.63) is 135 Å². The van der Waals surface area contributed by atoms with Crippen LogP contribution in [0.3, 0.4) is 0 Å². The van der Waals surface area contributed by atoms with Crippen molar-refractivity contribution in [2.75, 3.05) is 0 Å². The summed E-state index contributed by atoms with van der Waals surface area (Å²) in [6.07, 6.45) is 1.47. The lowest BCUT2D eigenvalue weighted by atomic mass is 9.85. The predicted octanol–water partition coefficient (Wildman–Crippen LogP) is 5.11. The molecule has 0 aliphatic carbocycles. The molecular weight excluding hydrogens is 536 g/mol. The zero-order valence-corrected chi connectivity index (χ0v) is 21.1. The topological polar surface area (TPSA) is 108 Å². The molecule has 0 fully saturated rings. The molecule has 3 N–H and O–H groups in total. The van der Waals surface area contributed by atoms with E-state index in [9.17, 15) is 14.7 Å². The van der Waals surface area contributed by atoms with Gasteiger partial charge in [-0.3, -0.25) is 4.79 Å². The molecule has 8 heteroatoms. The average Bonchev–Trinajstić information content (AvgIpc) is 2.93. The number of aromatic carboxylic acids is 1. The van der Waals surface area contributed by atoms with Gasteiger partial charge in [0.05, 0.1) is 16.3 Å². The Morgan fingerprint density at radius 1 is 0.892 bits per heavy atom. The van der Waals surface area contributed by atoms with Gasteiger partial charge in [-0.25, -0.2) is 10.2 Å². The van der Waals surface area contributed by atoms with Gasteiger partial charge >= 0.3 is 5.97 Å². The van der Waals surface area contributed by atoms with Gasteiger partial charge in [0, 0.05) is 0 Å². The van der Waals surface area contributed by atoms with Crippen molar-refractivity contribution >= 4 is 34.0 Å². The molecule has 7 nitrogen and oxygen atoms in total. The third-order valence-corrected chi connectivity index (χ3v) is 6.26. The number of nitrogens with one attached hydrogen (secondary N) is 1. The fourth-order valence-corrected chi connectivity index (χ4v) is 4.16. The molecule has 0 saturated heterocycles. The number of rotatable bonds is 9. The van der Waals surface area contributed by atoms with Crippen molar-refractivity contribution in [3.8, 4) is 5.75 Å². The van der Waals surface area contributed by atoms with Crippen LogP contribution in [0.2, 0.25) is 0 Å². The maximum Gasteiger partial charge on any atom is 0.335 e. The Balaban J connectivity index is 1.43. The highest BCUT2D eigenvalue weighted by molar-refractivity contribution is 9.10. The number of amides is 1. The highest BCUT2D eigenvalue weighted by Gasteiger charge is 2.39. The van der Waals surface area contributed by atoms with Crippen molar-refractivity contribution in [3.63, 3.8) is 0 Å². The molecule has 0 spiro atoms. The highest BCUT2D eigenvalue weighted by atomic mass is 79.9. The summed E-state index contributed by atoms with van der Waals surface area (Å²) in [5.41, 5.74) is 3.12. The Morgan fingerprint density at radius 2 is 1.49 bits per heavy atom. The molecule has 0 radical (unpaired) electrons. The zero-order chi connectivity index (χ0) is 26.3. The minimum absolute atomic E-state index is 0.214. The largest absolute Gasteiger partial charge is 0.488 e. The van der Waals surface area contributed by atoms with Gasteiger partial charge < -0.3 is 14.9 Å². The first-order valence-corrected chi connectivity index (χ1v) is 12.1. The molecule has 37 heavy (non-hydrogen) atoms. The standard InChI is InChI=1S/C29H23BrN2O5/c30-25-17-21(13-16-26(25)37-19-20-11-14-22(15-12-20)27(33)34)18-31-32-28(35)29(36,23-7-3-1-4-8-23)24-9-5-2-6-10-24/h1-18,36H,19H2,(H,32,35)(H,33,34)/b31-18-. The molecule has 0 saturated carbocycles. The summed E-state index contributed by atoms with van der Waals surface area (Å²) < 4.78 is 6.50. The van der Waals surface area contributed by atoms with Crippen LogP contribution in [-0.2, 0) is 17.0 Å². The third kappa shape index (κ3) is 6.11. The monoisotopic (exact) mass is 558 g/mol. The second-order valence-corrected chi connectivity index (χ2v) is 8.98. The van der Waals surface area contributed by atoms with Gasteiger partial charge in [-0.15, -0.1) is 0 Å². The van der Waals surface area contributed by atoms with E-state index in [1.54, 1.807) is 78.9 Å². The van der Waals surface area contributed by atoms with E-state index in [2.05, 4.69) is 26.5 Å². The van der Waals surface area contributed by atoms with Gasteiger partial charge in [0.15, 0.2) is 5.60 Å². The lowest BCUT2D eigenvalue weighted by molar-refractivity contribution is -0.136. The summed E-state index contributed by atoms with van der Waals surface area (Å²) in [5, 5.41) is 24.5. The Morgan fingerprint density at radius 3 is 2.03 bits per heavy atom. The third-order valence-electron chi connectivity index (χ3n) is 5.64. The SMILES string of the molecule is O=C(O)c1ccc(COc2ccc(/C=N\NC(=O)C(O)(c3ccccc3)c3ccccc3)cc2Br)cc1. The van der Waals surface area contributed by atoms with E-state index in [1.165, 1.54) is 18.3 Å².